The molecule has 0 unspecified atom stereocenters. The number of benzene rings is 1. The lowest BCUT2D eigenvalue weighted by Gasteiger charge is -2.09. The highest BCUT2D eigenvalue weighted by Crippen LogP contribution is 2.26. The van der Waals surface area contributed by atoms with Crippen LogP contribution in [0.3, 0.4) is 0 Å². The average Bonchev–Trinajstić information content (AvgIpc) is 2.27. The Morgan fingerprint density at radius 2 is 2.00 bits per heavy atom. The van der Waals surface area contributed by atoms with E-state index in [1.807, 2.05) is 6.92 Å². The van der Waals surface area contributed by atoms with Crippen molar-refractivity contribution in [2.45, 2.75) is 25.2 Å². The maximum Gasteiger partial charge on any atom is 0.338 e. The highest BCUT2D eigenvalue weighted by Gasteiger charge is 2.19. The van der Waals surface area contributed by atoms with Crippen molar-refractivity contribution in [3.05, 3.63) is 28.3 Å². The summed E-state index contributed by atoms with van der Waals surface area (Å²) in [6.45, 7) is 3.72. The molecule has 18 heavy (non-hydrogen) atoms. The summed E-state index contributed by atoms with van der Waals surface area (Å²) in [6, 6.07) is 2.37. The van der Waals surface area contributed by atoms with Gasteiger partial charge in [0, 0.05) is 15.7 Å². The maximum absolute atomic E-state index is 11.7. The fraction of sp³-hybridized carbons (Fsp3) is 0.364. The molecule has 0 N–H and O–H groups in total. The zero-order valence-corrected chi connectivity index (χ0v) is 12.2. The molecule has 7 heteroatoms. The van der Waals surface area contributed by atoms with Crippen LogP contribution in [0.4, 0.5) is 0 Å². The second-order valence-corrected chi connectivity index (χ2v) is 6.62. The Hall–Kier alpha value is -0.780. The SMILES string of the molecule is CCCOC(=O)c1cc(S(=O)(=O)Cl)cc(Cl)c1C. The second-order valence-electron chi connectivity index (χ2n) is 3.65. The summed E-state index contributed by atoms with van der Waals surface area (Å²) in [4.78, 5) is 11.5. The van der Waals surface area contributed by atoms with Crippen molar-refractivity contribution in [1.82, 2.24) is 0 Å². The molecule has 0 heterocycles. The molecule has 0 saturated carbocycles. The van der Waals surface area contributed by atoms with Crippen molar-refractivity contribution < 1.29 is 17.9 Å². The maximum atomic E-state index is 11.7. The first kappa shape index (κ1) is 15.3. The predicted octanol–water partition coefficient (Wildman–Crippen LogP) is 3.14. The first-order valence-corrected chi connectivity index (χ1v) is 7.88. The Labute approximate surface area is 115 Å². The summed E-state index contributed by atoms with van der Waals surface area (Å²) in [5.74, 6) is -0.613. The molecule has 100 valence electrons. The van der Waals surface area contributed by atoms with Gasteiger partial charge >= 0.3 is 5.97 Å². The lowest BCUT2D eigenvalue weighted by molar-refractivity contribution is 0.0504. The van der Waals surface area contributed by atoms with Gasteiger partial charge in [-0.15, -0.1) is 0 Å². The van der Waals surface area contributed by atoms with Gasteiger partial charge in [0.05, 0.1) is 17.1 Å². The molecule has 0 saturated heterocycles. The van der Waals surface area contributed by atoms with E-state index in [1.165, 1.54) is 12.1 Å². The van der Waals surface area contributed by atoms with E-state index >= 15 is 0 Å². The van der Waals surface area contributed by atoms with Gasteiger partial charge in [0.2, 0.25) is 0 Å². The minimum Gasteiger partial charge on any atom is -0.462 e. The molecule has 1 aromatic carbocycles. The molecule has 4 nitrogen and oxygen atoms in total. The van der Waals surface area contributed by atoms with Crippen molar-refractivity contribution in [3.63, 3.8) is 0 Å². The Kier molecular flexibility index (Phi) is 5.01. The molecular weight excluding hydrogens is 299 g/mol. The van der Waals surface area contributed by atoms with Crippen LogP contribution in [0.1, 0.15) is 29.3 Å². The van der Waals surface area contributed by atoms with Crippen LogP contribution in [-0.4, -0.2) is 21.0 Å². The monoisotopic (exact) mass is 310 g/mol. The summed E-state index contributed by atoms with van der Waals surface area (Å²) >= 11 is 5.87. The molecule has 0 radical (unpaired) electrons. The standard InChI is InChI=1S/C11H12Cl2O4S/c1-3-4-17-11(14)9-5-8(18(13,15)16)6-10(12)7(9)2/h5-6H,3-4H2,1-2H3. The minimum atomic E-state index is -3.94. The van der Waals surface area contributed by atoms with Gasteiger partial charge in [0.15, 0.2) is 0 Å². The van der Waals surface area contributed by atoms with Gasteiger partial charge < -0.3 is 4.74 Å². The molecule has 1 rings (SSSR count). The largest absolute Gasteiger partial charge is 0.462 e. The molecule has 0 aromatic heterocycles. The smallest absolute Gasteiger partial charge is 0.338 e. The van der Waals surface area contributed by atoms with Crippen molar-refractivity contribution in [3.8, 4) is 0 Å². The van der Waals surface area contributed by atoms with E-state index in [1.54, 1.807) is 6.92 Å². The zero-order chi connectivity index (χ0) is 13.9. The van der Waals surface area contributed by atoms with Gasteiger partial charge in [-0.1, -0.05) is 18.5 Å². The quantitative estimate of drug-likeness (QED) is 0.633. The topological polar surface area (TPSA) is 60.4 Å². The molecule has 0 fully saturated rings. The predicted molar refractivity (Wildman–Crippen MR) is 69.8 cm³/mol. The number of carbonyl (C=O) groups excluding carboxylic acids is 1. The molecule has 0 spiro atoms. The molecule has 0 amide bonds. The lowest BCUT2D eigenvalue weighted by atomic mass is 10.1. The summed E-state index contributed by atoms with van der Waals surface area (Å²) in [6.07, 6.45) is 0.673. The molecule has 0 aliphatic carbocycles. The highest BCUT2D eigenvalue weighted by atomic mass is 35.7. The van der Waals surface area contributed by atoms with Crippen molar-refractivity contribution in [1.29, 1.82) is 0 Å². The fourth-order valence-corrected chi connectivity index (χ4v) is 2.35. The fourth-order valence-electron chi connectivity index (χ4n) is 1.28. The van der Waals surface area contributed by atoms with Gasteiger partial charge in [-0.3, -0.25) is 0 Å². The molecular formula is C11H12Cl2O4S. The van der Waals surface area contributed by atoms with Crippen LogP contribution in [0.2, 0.25) is 5.02 Å². The first-order chi connectivity index (χ1) is 8.27. The minimum absolute atomic E-state index is 0.107. The third-order valence-electron chi connectivity index (χ3n) is 2.26. The number of hydrogen-bond acceptors (Lipinski definition) is 4. The van der Waals surface area contributed by atoms with Crippen LogP contribution in [0.25, 0.3) is 0 Å². The van der Waals surface area contributed by atoms with E-state index in [4.69, 9.17) is 27.0 Å². The number of hydrogen-bond donors (Lipinski definition) is 0. The van der Waals surface area contributed by atoms with Crippen molar-refractivity contribution in [2.24, 2.45) is 0 Å². The normalized spacial score (nSPS) is 11.3. The van der Waals surface area contributed by atoms with Crippen LogP contribution in [-0.2, 0) is 13.8 Å². The summed E-state index contributed by atoms with van der Waals surface area (Å²) < 4.78 is 27.4. The van der Waals surface area contributed by atoms with E-state index in [-0.39, 0.29) is 22.1 Å². The third-order valence-corrected chi connectivity index (χ3v) is 3.98. The number of esters is 1. The molecule has 0 bridgehead atoms. The molecule has 0 aliphatic rings. The third kappa shape index (κ3) is 3.60. The Bertz CT molecular complexity index is 567. The van der Waals surface area contributed by atoms with E-state index in [0.717, 1.165) is 0 Å². The van der Waals surface area contributed by atoms with Crippen LogP contribution in [0.5, 0.6) is 0 Å². The van der Waals surface area contributed by atoms with Crippen LogP contribution < -0.4 is 0 Å². The Morgan fingerprint density at radius 3 is 2.50 bits per heavy atom. The lowest BCUT2D eigenvalue weighted by Crippen LogP contribution is -2.09. The van der Waals surface area contributed by atoms with Gasteiger partial charge in [0.1, 0.15) is 0 Å². The van der Waals surface area contributed by atoms with Crippen LogP contribution in [0.15, 0.2) is 17.0 Å². The van der Waals surface area contributed by atoms with Crippen LogP contribution >= 0.6 is 22.3 Å². The van der Waals surface area contributed by atoms with E-state index in [2.05, 4.69) is 0 Å². The van der Waals surface area contributed by atoms with Gasteiger partial charge in [-0.2, -0.15) is 0 Å². The summed E-state index contributed by atoms with van der Waals surface area (Å²) in [5, 5.41) is 0.153. The molecule has 0 aliphatic heterocycles. The molecule has 1 aromatic rings. The summed E-state index contributed by atoms with van der Waals surface area (Å²) in [5.41, 5.74) is 0.567. The first-order valence-electron chi connectivity index (χ1n) is 5.19. The molecule has 0 atom stereocenters. The number of ether oxygens (including phenoxy) is 1. The van der Waals surface area contributed by atoms with E-state index in [0.29, 0.717) is 12.0 Å². The Morgan fingerprint density at radius 1 is 1.39 bits per heavy atom. The summed E-state index contributed by atoms with van der Waals surface area (Å²) in [7, 11) is 1.29. The van der Waals surface area contributed by atoms with Crippen molar-refractivity contribution >= 4 is 37.3 Å². The average molecular weight is 311 g/mol. The van der Waals surface area contributed by atoms with E-state index < -0.39 is 15.0 Å². The van der Waals surface area contributed by atoms with Gasteiger partial charge in [0.25, 0.3) is 9.05 Å². The number of halogens is 2. The zero-order valence-electron chi connectivity index (χ0n) is 9.87. The Balaban J connectivity index is 3.27. The van der Waals surface area contributed by atoms with Gasteiger partial charge in [-0.05, 0) is 31.0 Å². The van der Waals surface area contributed by atoms with Crippen LogP contribution in [0, 0.1) is 6.92 Å². The van der Waals surface area contributed by atoms with Crippen molar-refractivity contribution in [2.75, 3.05) is 6.61 Å². The van der Waals surface area contributed by atoms with E-state index in [9.17, 15) is 13.2 Å². The highest BCUT2D eigenvalue weighted by molar-refractivity contribution is 8.13. The number of carbonyl (C=O) groups is 1. The van der Waals surface area contributed by atoms with Gasteiger partial charge in [-0.25, -0.2) is 13.2 Å². The second kappa shape index (κ2) is 5.91. The number of rotatable bonds is 4.